The van der Waals surface area contributed by atoms with E-state index in [1.807, 2.05) is 30.3 Å². The zero-order valence-corrected chi connectivity index (χ0v) is 16.7. The quantitative estimate of drug-likeness (QED) is 0.335. The van der Waals surface area contributed by atoms with Crippen LogP contribution >= 0.6 is 12.2 Å². The molecule has 0 fully saturated rings. The van der Waals surface area contributed by atoms with Crippen LogP contribution in [0.15, 0.2) is 78.9 Å². The second-order valence-corrected chi connectivity index (χ2v) is 6.74. The molecule has 152 valence electrons. The first-order chi connectivity index (χ1) is 14.5. The number of amides is 1. The minimum Gasteiger partial charge on any atom is -0.493 e. The summed E-state index contributed by atoms with van der Waals surface area (Å²) in [7, 11) is 0. The van der Waals surface area contributed by atoms with E-state index in [1.165, 1.54) is 23.8 Å². The second-order valence-electron chi connectivity index (χ2n) is 6.33. The average Bonchev–Trinajstić information content (AvgIpc) is 2.75. The van der Waals surface area contributed by atoms with E-state index in [0.29, 0.717) is 23.6 Å². The molecule has 0 bridgehead atoms. The smallest absolute Gasteiger partial charge is 0.271 e. The largest absolute Gasteiger partial charge is 0.493 e. The van der Waals surface area contributed by atoms with Crippen LogP contribution in [0.1, 0.15) is 15.9 Å². The molecule has 7 nitrogen and oxygen atoms in total. The third kappa shape index (κ3) is 6.11. The average molecular weight is 421 g/mol. The Hall–Kier alpha value is -3.78. The number of thiocarbonyl (C=S) groups is 1. The molecular formula is C22H19N3O4S. The van der Waals surface area contributed by atoms with E-state index < -0.39 is 10.8 Å². The van der Waals surface area contributed by atoms with E-state index >= 15 is 0 Å². The Morgan fingerprint density at radius 1 is 1.00 bits per heavy atom. The lowest BCUT2D eigenvalue weighted by Gasteiger charge is -2.11. The van der Waals surface area contributed by atoms with E-state index in [9.17, 15) is 14.9 Å². The van der Waals surface area contributed by atoms with Gasteiger partial charge in [-0.25, -0.2) is 0 Å². The van der Waals surface area contributed by atoms with Crippen LogP contribution in [-0.4, -0.2) is 22.5 Å². The summed E-state index contributed by atoms with van der Waals surface area (Å²) in [6.07, 6.45) is 0.758. The van der Waals surface area contributed by atoms with Gasteiger partial charge in [-0.2, -0.15) is 0 Å². The number of ether oxygens (including phenoxy) is 1. The summed E-state index contributed by atoms with van der Waals surface area (Å²) in [6, 6.07) is 22.6. The zero-order chi connectivity index (χ0) is 21.3. The first kappa shape index (κ1) is 20.9. The second kappa shape index (κ2) is 10.1. The van der Waals surface area contributed by atoms with Gasteiger partial charge in [-0.3, -0.25) is 20.2 Å². The summed E-state index contributed by atoms with van der Waals surface area (Å²) < 4.78 is 5.74. The van der Waals surface area contributed by atoms with E-state index in [4.69, 9.17) is 17.0 Å². The molecule has 0 aliphatic carbocycles. The Kier molecular flexibility index (Phi) is 7.07. The molecule has 1 amide bonds. The Morgan fingerprint density at radius 3 is 2.53 bits per heavy atom. The number of carbonyl (C=O) groups is 1. The molecule has 0 unspecified atom stereocenters. The number of hydrogen-bond donors (Lipinski definition) is 2. The van der Waals surface area contributed by atoms with Crippen molar-refractivity contribution in [1.82, 2.24) is 5.32 Å². The molecule has 3 aromatic carbocycles. The van der Waals surface area contributed by atoms with Gasteiger partial charge in [-0.1, -0.05) is 42.5 Å². The molecule has 0 atom stereocenters. The number of anilines is 1. The predicted molar refractivity (Wildman–Crippen MR) is 119 cm³/mol. The lowest BCUT2D eigenvalue weighted by atomic mass is 10.2. The van der Waals surface area contributed by atoms with Crippen LogP contribution in [0.5, 0.6) is 5.75 Å². The van der Waals surface area contributed by atoms with Crippen molar-refractivity contribution < 1.29 is 14.5 Å². The first-order valence-corrected chi connectivity index (χ1v) is 9.56. The van der Waals surface area contributed by atoms with Crippen LogP contribution in [0.25, 0.3) is 0 Å². The van der Waals surface area contributed by atoms with Gasteiger partial charge >= 0.3 is 0 Å². The Morgan fingerprint density at radius 2 is 1.77 bits per heavy atom. The van der Waals surface area contributed by atoms with Gasteiger partial charge in [0.25, 0.3) is 11.6 Å². The number of nitrogens with one attached hydrogen (secondary N) is 2. The Bertz CT molecular complexity index is 1060. The highest BCUT2D eigenvalue weighted by Gasteiger charge is 2.11. The van der Waals surface area contributed by atoms with Crippen molar-refractivity contribution in [2.75, 3.05) is 11.9 Å². The number of nitro groups is 1. The fourth-order valence-electron chi connectivity index (χ4n) is 2.69. The van der Waals surface area contributed by atoms with Crippen molar-refractivity contribution in [1.29, 1.82) is 0 Å². The Labute approximate surface area is 178 Å². The summed E-state index contributed by atoms with van der Waals surface area (Å²) in [5.74, 6) is 0.169. The molecule has 0 heterocycles. The molecule has 0 radical (unpaired) electrons. The first-order valence-electron chi connectivity index (χ1n) is 9.15. The summed E-state index contributed by atoms with van der Waals surface area (Å²) in [5.41, 5.74) is 1.89. The minimum atomic E-state index is -0.504. The van der Waals surface area contributed by atoms with Crippen LogP contribution < -0.4 is 15.4 Å². The number of non-ortho nitro benzene ring substituents is 1. The molecule has 0 saturated carbocycles. The molecule has 0 saturated heterocycles. The topological polar surface area (TPSA) is 93.5 Å². The maximum Gasteiger partial charge on any atom is 0.271 e. The molecule has 3 rings (SSSR count). The van der Waals surface area contributed by atoms with E-state index in [1.54, 1.807) is 30.3 Å². The van der Waals surface area contributed by atoms with Gasteiger partial charge in [-0.05, 0) is 42.0 Å². The van der Waals surface area contributed by atoms with Gasteiger partial charge in [0.05, 0.1) is 11.5 Å². The maximum absolute atomic E-state index is 12.5. The number of rotatable bonds is 7. The minimum absolute atomic E-state index is 0.0379. The number of hydrogen-bond acceptors (Lipinski definition) is 5. The molecule has 0 spiro atoms. The van der Waals surface area contributed by atoms with Crippen molar-refractivity contribution in [3.05, 3.63) is 100 Å². The molecule has 0 aliphatic rings. The van der Waals surface area contributed by atoms with Crippen LogP contribution in [0, 0.1) is 10.1 Å². The lowest BCUT2D eigenvalue weighted by molar-refractivity contribution is -0.384. The van der Waals surface area contributed by atoms with Gasteiger partial charge in [0, 0.05) is 29.8 Å². The van der Waals surface area contributed by atoms with Crippen LogP contribution in [0.4, 0.5) is 11.4 Å². The van der Waals surface area contributed by atoms with Gasteiger partial charge in [0.1, 0.15) is 5.75 Å². The Balaban J connectivity index is 1.54. The predicted octanol–water partition coefficient (Wildman–Crippen LogP) is 4.34. The third-order valence-electron chi connectivity index (χ3n) is 4.14. The molecule has 0 aromatic heterocycles. The van der Waals surface area contributed by atoms with Gasteiger partial charge < -0.3 is 10.1 Å². The molecule has 3 aromatic rings. The van der Waals surface area contributed by atoms with E-state index in [2.05, 4.69) is 10.6 Å². The fraction of sp³-hybridized carbons (Fsp3) is 0.0909. The van der Waals surface area contributed by atoms with Gasteiger partial charge in [0.2, 0.25) is 0 Å². The van der Waals surface area contributed by atoms with Crippen molar-refractivity contribution in [2.45, 2.75) is 6.42 Å². The number of nitro benzene ring substituents is 1. The number of nitrogens with zero attached hydrogens (tertiary/aromatic N) is 1. The third-order valence-corrected chi connectivity index (χ3v) is 4.34. The maximum atomic E-state index is 12.5. The summed E-state index contributed by atoms with van der Waals surface area (Å²) in [5, 5.41) is 16.2. The van der Waals surface area contributed by atoms with Gasteiger partial charge in [-0.15, -0.1) is 0 Å². The fourth-order valence-corrected chi connectivity index (χ4v) is 2.90. The highest BCUT2D eigenvalue weighted by Crippen LogP contribution is 2.17. The molecular weight excluding hydrogens is 402 g/mol. The standard InChI is InChI=1S/C22H19N3O4S/c26-21(24-22(30)23-18-9-5-10-19(15-18)25(27)28)17-8-4-11-20(14-17)29-13-12-16-6-2-1-3-7-16/h1-11,14-15H,12-13H2,(H2,23,24,26,30). The summed E-state index contributed by atoms with van der Waals surface area (Å²) >= 11 is 5.13. The van der Waals surface area contributed by atoms with Crippen molar-refractivity contribution in [2.24, 2.45) is 0 Å². The molecule has 30 heavy (non-hydrogen) atoms. The van der Waals surface area contributed by atoms with Crippen LogP contribution in [0.3, 0.4) is 0 Å². The highest BCUT2D eigenvalue weighted by molar-refractivity contribution is 7.80. The monoisotopic (exact) mass is 421 g/mol. The van der Waals surface area contributed by atoms with Crippen molar-refractivity contribution >= 4 is 34.6 Å². The summed E-state index contributed by atoms with van der Waals surface area (Å²) in [4.78, 5) is 22.8. The normalized spacial score (nSPS) is 10.1. The van der Waals surface area contributed by atoms with Crippen molar-refractivity contribution in [3.63, 3.8) is 0 Å². The zero-order valence-electron chi connectivity index (χ0n) is 15.9. The van der Waals surface area contributed by atoms with E-state index in [-0.39, 0.29) is 10.8 Å². The van der Waals surface area contributed by atoms with Crippen molar-refractivity contribution in [3.8, 4) is 5.75 Å². The highest BCUT2D eigenvalue weighted by atomic mass is 32.1. The summed E-state index contributed by atoms with van der Waals surface area (Å²) in [6.45, 7) is 0.488. The van der Waals surface area contributed by atoms with Crippen LogP contribution in [0.2, 0.25) is 0 Å². The SMILES string of the molecule is O=C(NC(=S)Nc1cccc([N+](=O)[O-])c1)c1cccc(OCCc2ccccc2)c1. The lowest BCUT2D eigenvalue weighted by Crippen LogP contribution is -2.34. The molecule has 8 heteroatoms. The van der Waals surface area contributed by atoms with Gasteiger partial charge in [0.15, 0.2) is 5.11 Å². The number of carbonyl (C=O) groups excluding carboxylic acids is 1. The molecule has 0 aliphatic heterocycles. The number of benzene rings is 3. The van der Waals surface area contributed by atoms with Crippen LogP contribution in [-0.2, 0) is 6.42 Å². The van der Waals surface area contributed by atoms with E-state index in [0.717, 1.165) is 6.42 Å². The molecule has 2 N–H and O–H groups in total.